The molecule has 0 spiro atoms. The van der Waals surface area contributed by atoms with E-state index < -0.39 is 6.04 Å². The van der Waals surface area contributed by atoms with Crippen molar-refractivity contribution in [2.45, 2.75) is 6.04 Å². The van der Waals surface area contributed by atoms with Gasteiger partial charge in [0.15, 0.2) is 5.11 Å². The number of pyridine rings is 1. The Kier molecular flexibility index (Phi) is 2.47. The first kappa shape index (κ1) is 9.54. The quantitative estimate of drug-likeness (QED) is 0.745. The lowest BCUT2D eigenvalue weighted by Gasteiger charge is -2.06. The molecule has 2 rings (SSSR count). The van der Waals surface area contributed by atoms with E-state index >= 15 is 0 Å². The number of nitrogens with one attached hydrogen (secondary N) is 2. The largest absolute Gasteiger partial charge is 0.347 e. The first-order chi connectivity index (χ1) is 6.66. The minimum absolute atomic E-state index is 0.144. The minimum atomic E-state index is -0.424. The number of hydrogen-bond donors (Lipinski definition) is 2. The van der Waals surface area contributed by atoms with Gasteiger partial charge in [0.1, 0.15) is 6.04 Å². The van der Waals surface area contributed by atoms with Crippen LogP contribution in [0.5, 0.6) is 0 Å². The summed E-state index contributed by atoms with van der Waals surface area (Å²) in [5.41, 5.74) is 0.789. The van der Waals surface area contributed by atoms with Gasteiger partial charge < -0.3 is 10.6 Å². The van der Waals surface area contributed by atoms with Gasteiger partial charge in [0.25, 0.3) is 5.91 Å². The minimum Gasteiger partial charge on any atom is -0.347 e. The van der Waals surface area contributed by atoms with Gasteiger partial charge in [0.05, 0.1) is 0 Å². The molecule has 1 aromatic heterocycles. The van der Waals surface area contributed by atoms with E-state index in [9.17, 15) is 4.79 Å². The third kappa shape index (κ3) is 1.76. The Morgan fingerprint density at radius 3 is 2.86 bits per heavy atom. The fourth-order valence-corrected chi connectivity index (χ4v) is 1.84. The van der Waals surface area contributed by atoms with Crippen molar-refractivity contribution in [2.75, 3.05) is 0 Å². The van der Waals surface area contributed by atoms with Gasteiger partial charge in [-0.15, -0.1) is 0 Å². The molecule has 14 heavy (non-hydrogen) atoms. The van der Waals surface area contributed by atoms with Gasteiger partial charge in [-0.3, -0.25) is 9.78 Å². The van der Waals surface area contributed by atoms with E-state index in [1.807, 2.05) is 6.07 Å². The highest BCUT2D eigenvalue weighted by atomic mass is 79.9. The van der Waals surface area contributed by atoms with Gasteiger partial charge in [-0.1, -0.05) is 0 Å². The summed E-state index contributed by atoms with van der Waals surface area (Å²) in [6, 6.07) is 1.41. The van der Waals surface area contributed by atoms with Crippen molar-refractivity contribution in [3.05, 3.63) is 28.5 Å². The first-order valence-corrected chi connectivity index (χ1v) is 5.09. The summed E-state index contributed by atoms with van der Waals surface area (Å²) in [6.07, 6.45) is 3.30. The molecule has 2 N–H and O–H groups in total. The maximum atomic E-state index is 11.4. The number of aromatic nitrogens is 1. The summed E-state index contributed by atoms with van der Waals surface area (Å²) in [5, 5.41) is 5.74. The molecule has 0 aliphatic carbocycles. The van der Waals surface area contributed by atoms with Crippen molar-refractivity contribution in [3.63, 3.8) is 0 Å². The second-order valence-corrected chi connectivity index (χ2v) is 4.16. The van der Waals surface area contributed by atoms with Crippen LogP contribution in [0.25, 0.3) is 0 Å². The van der Waals surface area contributed by atoms with Crippen LogP contribution in [-0.2, 0) is 4.79 Å². The number of hydrogen-bond acceptors (Lipinski definition) is 3. The highest BCUT2D eigenvalue weighted by molar-refractivity contribution is 9.10. The average molecular weight is 272 g/mol. The number of amides is 1. The van der Waals surface area contributed by atoms with Gasteiger partial charge in [-0.2, -0.15) is 0 Å². The Balaban J connectivity index is 2.31. The van der Waals surface area contributed by atoms with E-state index in [1.165, 1.54) is 0 Å². The van der Waals surface area contributed by atoms with Crippen molar-refractivity contribution in [2.24, 2.45) is 0 Å². The predicted octanol–water partition coefficient (Wildman–Crippen LogP) is 0.889. The molecule has 1 unspecified atom stereocenters. The zero-order chi connectivity index (χ0) is 10.1. The Morgan fingerprint density at radius 2 is 2.29 bits per heavy atom. The topological polar surface area (TPSA) is 54.0 Å². The molecule has 1 fully saturated rings. The Labute approximate surface area is 94.2 Å². The lowest BCUT2D eigenvalue weighted by Crippen LogP contribution is -2.21. The van der Waals surface area contributed by atoms with Crippen molar-refractivity contribution in [1.29, 1.82) is 0 Å². The fraction of sp³-hybridized carbons (Fsp3) is 0.125. The van der Waals surface area contributed by atoms with Crippen molar-refractivity contribution >= 4 is 39.2 Å². The number of rotatable bonds is 1. The van der Waals surface area contributed by atoms with Crippen LogP contribution >= 0.6 is 28.1 Å². The Bertz CT molecular complexity index is 409. The normalized spacial score (nSPS) is 20.5. The lowest BCUT2D eigenvalue weighted by atomic mass is 10.1. The lowest BCUT2D eigenvalue weighted by molar-refractivity contribution is -0.120. The van der Waals surface area contributed by atoms with Crippen molar-refractivity contribution in [3.8, 4) is 0 Å². The van der Waals surface area contributed by atoms with Crippen LogP contribution in [0.3, 0.4) is 0 Å². The van der Waals surface area contributed by atoms with Gasteiger partial charge in [0.2, 0.25) is 0 Å². The second kappa shape index (κ2) is 3.62. The average Bonchev–Trinajstić information content (AvgIpc) is 2.45. The zero-order valence-corrected chi connectivity index (χ0v) is 9.35. The maximum absolute atomic E-state index is 11.4. The highest BCUT2D eigenvalue weighted by Crippen LogP contribution is 2.18. The zero-order valence-electron chi connectivity index (χ0n) is 6.95. The molecule has 6 heteroatoms. The number of halogens is 1. The number of carbonyl (C=O) groups is 1. The molecule has 2 heterocycles. The first-order valence-electron chi connectivity index (χ1n) is 3.88. The molecular formula is C8H6BrN3OS. The number of nitrogens with zero attached hydrogens (tertiary/aromatic N) is 1. The van der Waals surface area contributed by atoms with E-state index in [0.717, 1.165) is 10.0 Å². The molecule has 0 radical (unpaired) electrons. The van der Waals surface area contributed by atoms with Gasteiger partial charge >= 0.3 is 0 Å². The maximum Gasteiger partial charge on any atom is 0.253 e. The molecule has 0 saturated carbocycles. The van der Waals surface area contributed by atoms with Crippen LogP contribution < -0.4 is 10.6 Å². The molecule has 1 saturated heterocycles. The van der Waals surface area contributed by atoms with Crippen LogP contribution in [-0.4, -0.2) is 16.0 Å². The summed E-state index contributed by atoms with van der Waals surface area (Å²) >= 11 is 8.12. The third-order valence-corrected chi connectivity index (χ3v) is 2.49. The predicted molar refractivity (Wildman–Crippen MR) is 58.6 cm³/mol. The molecule has 4 nitrogen and oxygen atoms in total. The molecule has 1 amide bonds. The number of thiocarbonyl (C=S) groups is 1. The second-order valence-electron chi connectivity index (χ2n) is 2.83. The molecule has 1 atom stereocenters. The molecular weight excluding hydrogens is 266 g/mol. The summed E-state index contributed by atoms with van der Waals surface area (Å²) in [6.45, 7) is 0. The van der Waals surface area contributed by atoms with Crippen LogP contribution in [0, 0.1) is 0 Å². The van der Waals surface area contributed by atoms with Crippen LogP contribution in [0.15, 0.2) is 22.9 Å². The highest BCUT2D eigenvalue weighted by Gasteiger charge is 2.28. The monoisotopic (exact) mass is 271 g/mol. The van der Waals surface area contributed by atoms with E-state index in [-0.39, 0.29) is 5.91 Å². The van der Waals surface area contributed by atoms with Gasteiger partial charge in [-0.05, 0) is 34.2 Å². The SMILES string of the molecule is O=C1NC(=S)NC1c1cncc(Br)c1. The van der Waals surface area contributed by atoms with E-state index in [4.69, 9.17) is 12.2 Å². The Morgan fingerprint density at radius 1 is 1.50 bits per heavy atom. The molecule has 1 aromatic rings. The summed E-state index contributed by atoms with van der Waals surface area (Å²) < 4.78 is 0.836. The molecule has 1 aliphatic rings. The van der Waals surface area contributed by atoms with E-state index in [2.05, 4.69) is 31.5 Å². The van der Waals surface area contributed by atoms with Crippen molar-refractivity contribution in [1.82, 2.24) is 15.6 Å². The summed E-state index contributed by atoms with van der Waals surface area (Å²) in [7, 11) is 0. The standard InChI is InChI=1S/C8H6BrN3OS/c9-5-1-4(2-10-3-5)6-7(13)12-8(14)11-6/h1-3,6H,(H2,11,12,13,14). The molecule has 1 aliphatic heterocycles. The fourth-order valence-electron chi connectivity index (χ4n) is 1.24. The van der Waals surface area contributed by atoms with Crippen LogP contribution in [0.4, 0.5) is 0 Å². The van der Waals surface area contributed by atoms with E-state index in [0.29, 0.717) is 5.11 Å². The van der Waals surface area contributed by atoms with Gasteiger partial charge in [0, 0.05) is 22.4 Å². The summed E-state index contributed by atoms with van der Waals surface area (Å²) in [4.78, 5) is 15.4. The summed E-state index contributed by atoms with van der Waals surface area (Å²) in [5.74, 6) is -0.144. The number of carbonyl (C=O) groups excluding carboxylic acids is 1. The van der Waals surface area contributed by atoms with Crippen molar-refractivity contribution < 1.29 is 4.79 Å². The molecule has 0 aromatic carbocycles. The molecule has 0 bridgehead atoms. The van der Waals surface area contributed by atoms with Gasteiger partial charge in [-0.25, -0.2) is 0 Å². The molecule has 72 valence electrons. The van der Waals surface area contributed by atoms with Crippen LogP contribution in [0.2, 0.25) is 0 Å². The van der Waals surface area contributed by atoms with E-state index in [1.54, 1.807) is 12.4 Å². The third-order valence-electron chi connectivity index (χ3n) is 1.83. The van der Waals surface area contributed by atoms with Crippen LogP contribution in [0.1, 0.15) is 11.6 Å². The smallest absolute Gasteiger partial charge is 0.253 e. The Hall–Kier alpha value is -1.01.